The fraction of sp³-hybridized carbons (Fsp3) is 0.818. The van der Waals surface area contributed by atoms with Crippen molar-refractivity contribution in [2.75, 3.05) is 13.2 Å². The molecule has 1 saturated heterocycles. The van der Waals surface area contributed by atoms with Crippen LogP contribution >= 0.6 is 0 Å². The summed E-state index contributed by atoms with van der Waals surface area (Å²) in [6.07, 6.45) is 1.07. The highest BCUT2D eigenvalue weighted by atomic mass is 16.3. The predicted molar refractivity (Wildman–Crippen MR) is 59.3 cm³/mol. The maximum absolute atomic E-state index is 11.7. The Labute approximate surface area is 95.6 Å². The van der Waals surface area contributed by atoms with Crippen molar-refractivity contribution >= 4 is 11.8 Å². The number of hydrogen-bond acceptors (Lipinski definition) is 3. The number of carbonyl (C=O) groups excluding carboxylic acids is 2. The number of nitrogens with zero attached hydrogens (tertiary/aromatic N) is 1. The van der Waals surface area contributed by atoms with E-state index in [2.05, 4.69) is 0 Å². The molecule has 1 fully saturated rings. The van der Waals surface area contributed by atoms with E-state index in [1.807, 2.05) is 13.8 Å². The zero-order valence-electron chi connectivity index (χ0n) is 9.85. The molecule has 5 heteroatoms. The van der Waals surface area contributed by atoms with E-state index in [1.165, 1.54) is 0 Å². The highest BCUT2D eigenvalue weighted by Gasteiger charge is 2.38. The van der Waals surface area contributed by atoms with Crippen molar-refractivity contribution in [1.82, 2.24) is 4.90 Å². The molecule has 0 aromatic carbocycles. The largest absolute Gasteiger partial charge is 0.394 e. The lowest BCUT2D eigenvalue weighted by Crippen LogP contribution is -2.43. The molecule has 0 saturated carbocycles. The van der Waals surface area contributed by atoms with Crippen molar-refractivity contribution in [1.29, 1.82) is 0 Å². The number of aliphatic hydroxyl groups excluding tert-OH is 1. The van der Waals surface area contributed by atoms with Crippen LogP contribution < -0.4 is 5.73 Å². The zero-order valence-corrected chi connectivity index (χ0v) is 9.85. The summed E-state index contributed by atoms with van der Waals surface area (Å²) in [5, 5.41) is 9.32. The molecule has 5 nitrogen and oxygen atoms in total. The number of rotatable bonds is 5. The van der Waals surface area contributed by atoms with E-state index in [1.54, 1.807) is 4.90 Å². The minimum absolute atomic E-state index is 0.0633. The Bertz CT molecular complexity index is 280. The van der Waals surface area contributed by atoms with E-state index >= 15 is 0 Å². The van der Waals surface area contributed by atoms with Crippen molar-refractivity contribution in [3.63, 3.8) is 0 Å². The van der Waals surface area contributed by atoms with Gasteiger partial charge in [-0.15, -0.1) is 0 Å². The average molecular weight is 228 g/mol. The average Bonchev–Trinajstić information content (AvgIpc) is 2.62. The summed E-state index contributed by atoms with van der Waals surface area (Å²) < 4.78 is 0. The van der Waals surface area contributed by atoms with Crippen LogP contribution in [0.1, 0.15) is 26.7 Å². The van der Waals surface area contributed by atoms with Crippen LogP contribution in [0.4, 0.5) is 0 Å². The molecule has 2 amide bonds. The second kappa shape index (κ2) is 5.30. The van der Waals surface area contributed by atoms with Gasteiger partial charge in [-0.2, -0.15) is 0 Å². The number of nitrogens with two attached hydrogens (primary N) is 1. The maximum atomic E-state index is 11.7. The van der Waals surface area contributed by atoms with Crippen LogP contribution in [-0.4, -0.2) is 41.0 Å². The zero-order chi connectivity index (χ0) is 12.3. The van der Waals surface area contributed by atoms with E-state index < -0.39 is 11.8 Å². The summed E-state index contributed by atoms with van der Waals surface area (Å²) in [6.45, 7) is 4.29. The number of amides is 2. The number of hydrogen-bond donors (Lipinski definition) is 2. The molecule has 1 aliphatic heterocycles. The summed E-state index contributed by atoms with van der Waals surface area (Å²) in [5.74, 6) is -0.689. The van der Waals surface area contributed by atoms with Crippen LogP contribution in [0.15, 0.2) is 0 Å². The molecular formula is C11H20N2O3. The summed E-state index contributed by atoms with van der Waals surface area (Å²) in [5.41, 5.74) is 5.19. The fourth-order valence-electron chi connectivity index (χ4n) is 2.10. The quantitative estimate of drug-likeness (QED) is 0.679. The van der Waals surface area contributed by atoms with Crippen LogP contribution in [0.2, 0.25) is 0 Å². The van der Waals surface area contributed by atoms with Gasteiger partial charge in [-0.25, -0.2) is 0 Å². The molecule has 16 heavy (non-hydrogen) atoms. The molecule has 0 aliphatic carbocycles. The Morgan fingerprint density at radius 1 is 1.69 bits per heavy atom. The molecule has 3 atom stereocenters. The first-order valence-electron chi connectivity index (χ1n) is 5.70. The van der Waals surface area contributed by atoms with E-state index in [9.17, 15) is 14.7 Å². The van der Waals surface area contributed by atoms with Gasteiger partial charge in [-0.05, 0) is 5.92 Å². The van der Waals surface area contributed by atoms with Crippen LogP contribution in [0.3, 0.4) is 0 Å². The third-order valence-corrected chi connectivity index (χ3v) is 3.45. The smallest absolute Gasteiger partial charge is 0.223 e. The van der Waals surface area contributed by atoms with Gasteiger partial charge in [0.15, 0.2) is 0 Å². The normalized spacial score (nSPS) is 24.6. The molecule has 92 valence electrons. The van der Waals surface area contributed by atoms with E-state index in [4.69, 9.17) is 5.73 Å². The van der Waals surface area contributed by atoms with Gasteiger partial charge < -0.3 is 15.7 Å². The van der Waals surface area contributed by atoms with Crippen molar-refractivity contribution < 1.29 is 14.7 Å². The fourth-order valence-corrected chi connectivity index (χ4v) is 2.10. The predicted octanol–water partition coefficient (Wildman–Crippen LogP) is -0.273. The Kier molecular flexibility index (Phi) is 4.29. The molecule has 1 unspecified atom stereocenters. The Hall–Kier alpha value is -1.10. The summed E-state index contributed by atoms with van der Waals surface area (Å²) in [7, 11) is 0. The number of primary amides is 1. The molecule has 1 aliphatic rings. The van der Waals surface area contributed by atoms with E-state index in [0.717, 1.165) is 6.42 Å². The summed E-state index contributed by atoms with van der Waals surface area (Å²) in [4.78, 5) is 24.3. The van der Waals surface area contributed by atoms with Gasteiger partial charge in [0, 0.05) is 13.0 Å². The number of carbonyl (C=O) groups is 2. The molecule has 1 rings (SSSR count). The molecule has 0 spiro atoms. The van der Waals surface area contributed by atoms with Gasteiger partial charge in [0.25, 0.3) is 0 Å². The van der Waals surface area contributed by atoms with Gasteiger partial charge in [-0.3, -0.25) is 9.59 Å². The highest BCUT2D eigenvalue weighted by Crippen LogP contribution is 2.24. The highest BCUT2D eigenvalue weighted by molar-refractivity contribution is 5.88. The minimum Gasteiger partial charge on any atom is -0.394 e. The topological polar surface area (TPSA) is 83.6 Å². The SMILES string of the molecule is CC[C@H](C)[C@@H](CO)N1CC(C(N)=O)CC1=O. The molecular weight excluding hydrogens is 208 g/mol. The molecule has 3 N–H and O–H groups in total. The number of aliphatic hydroxyl groups is 1. The summed E-state index contributed by atoms with van der Waals surface area (Å²) >= 11 is 0. The van der Waals surface area contributed by atoms with Crippen molar-refractivity contribution in [2.24, 2.45) is 17.6 Å². The summed E-state index contributed by atoms with van der Waals surface area (Å²) in [6, 6.07) is -0.193. The molecule has 0 aromatic heterocycles. The molecule has 0 radical (unpaired) electrons. The lowest BCUT2D eigenvalue weighted by Gasteiger charge is -2.30. The Morgan fingerprint density at radius 2 is 2.31 bits per heavy atom. The van der Waals surface area contributed by atoms with E-state index in [-0.39, 0.29) is 30.9 Å². The van der Waals surface area contributed by atoms with Crippen molar-refractivity contribution in [3.05, 3.63) is 0 Å². The third kappa shape index (κ3) is 2.52. The van der Waals surface area contributed by atoms with Crippen LogP contribution in [0, 0.1) is 11.8 Å². The second-order valence-corrected chi connectivity index (χ2v) is 4.48. The van der Waals surface area contributed by atoms with Crippen LogP contribution in [0.5, 0.6) is 0 Å². The van der Waals surface area contributed by atoms with Gasteiger partial charge in [0.05, 0.1) is 18.6 Å². The maximum Gasteiger partial charge on any atom is 0.223 e. The molecule has 0 aromatic rings. The van der Waals surface area contributed by atoms with Crippen molar-refractivity contribution in [2.45, 2.75) is 32.7 Å². The van der Waals surface area contributed by atoms with Gasteiger partial charge >= 0.3 is 0 Å². The van der Waals surface area contributed by atoms with Crippen LogP contribution in [0.25, 0.3) is 0 Å². The van der Waals surface area contributed by atoms with Crippen molar-refractivity contribution in [3.8, 4) is 0 Å². The monoisotopic (exact) mass is 228 g/mol. The van der Waals surface area contributed by atoms with E-state index in [0.29, 0.717) is 6.54 Å². The lowest BCUT2D eigenvalue weighted by atomic mass is 9.98. The second-order valence-electron chi connectivity index (χ2n) is 4.48. The first-order valence-corrected chi connectivity index (χ1v) is 5.70. The molecule has 1 heterocycles. The standard InChI is InChI=1S/C11H20N2O3/c1-3-7(2)9(6-14)13-5-8(11(12)16)4-10(13)15/h7-9,14H,3-6H2,1-2H3,(H2,12,16)/t7-,8?,9+/m0/s1. The third-order valence-electron chi connectivity index (χ3n) is 3.45. The van der Waals surface area contributed by atoms with Gasteiger partial charge in [0.2, 0.25) is 11.8 Å². The first-order chi connectivity index (χ1) is 7.51. The first kappa shape index (κ1) is 13.0. The Morgan fingerprint density at radius 3 is 2.69 bits per heavy atom. The number of likely N-dealkylation sites (tertiary alicyclic amines) is 1. The Balaban J connectivity index is 2.72. The van der Waals surface area contributed by atoms with Gasteiger partial charge in [-0.1, -0.05) is 20.3 Å². The van der Waals surface area contributed by atoms with Gasteiger partial charge in [0.1, 0.15) is 0 Å². The minimum atomic E-state index is -0.434. The van der Waals surface area contributed by atoms with Crippen LogP contribution in [-0.2, 0) is 9.59 Å². The lowest BCUT2D eigenvalue weighted by molar-refractivity contribution is -0.131. The molecule has 0 bridgehead atoms.